The summed E-state index contributed by atoms with van der Waals surface area (Å²) < 4.78 is 11.4. The minimum Gasteiger partial charge on any atom is -0.447 e. The van der Waals surface area contributed by atoms with Crippen LogP contribution in [0, 0.1) is 0 Å². The first kappa shape index (κ1) is 18.0. The van der Waals surface area contributed by atoms with Crippen molar-refractivity contribution in [3.8, 4) is 10.8 Å². The highest BCUT2D eigenvalue weighted by Gasteiger charge is 2.39. The van der Waals surface area contributed by atoms with Gasteiger partial charge in [-0.15, -0.1) is 0 Å². The molecular formula is C21H25N3O3S. The SMILES string of the molecule is O=C(NC1CC2CCC1N2)c1ccc(Oc2ccc(N3CCOCC3)s2)cc1. The van der Waals surface area contributed by atoms with Crippen LogP contribution < -0.4 is 20.3 Å². The van der Waals surface area contributed by atoms with Crippen LogP contribution in [-0.4, -0.2) is 50.3 Å². The molecule has 0 saturated carbocycles. The van der Waals surface area contributed by atoms with E-state index in [1.165, 1.54) is 11.4 Å². The Balaban J connectivity index is 1.18. The molecule has 3 aliphatic heterocycles. The Labute approximate surface area is 168 Å². The zero-order chi connectivity index (χ0) is 18.9. The highest BCUT2D eigenvalue weighted by molar-refractivity contribution is 7.17. The molecule has 6 nitrogen and oxygen atoms in total. The van der Waals surface area contributed by atoms with Crippen LogP contribution in [0.1, 0.15) is 29.6 Å². The Bertz CT molecular complexity index is 832. The predicted molar refractivity (Wildman–Crippen MR) is 110 cm³/mol. The fourth-order valence-electron chi connectivity index (χ4n) is 4.34. The van der Waals surface area contributed by atoms with Gasteiger partial charge in [-0.1, -0.05) is 11.3 Å². The highest BCUT2D eigenvalue weighted by atomic mass is 32.1. The third kappa shape index (κ3) is 3.74. The van der Waals surface area contributed by atoms with E-state index in [2.05, 4.69) is 21.6 Å². The van der Waals surface area contributed by atoms with Crippen molar-refractivity contribution in [3.63, 3.8) is 0 Å². The van der Waals surface area contributed by atoms with E-state index in [9.17, 15) is 4.79 Å². The van der Waals surface area contributed by atoms with Crippen molar-refractivity contribution in [1.82, 2.24) is 10.6 Å². The van der Waals surface area contributed by atoms with Gasteiger partial charge < -0.3 is 25.0 Å². The molecule has 148 valence electrons. The van der Waals surface area contributed by atoms with Gasteiger partial charge in [-0.2, -0.15) is 0 Å². The first-order valence-corrected chi connectivity index (χ1v) is 10.8. The predicted octanol–water partition coefficient (Wildman–Crippen LogP) is 3.00. The Kier molecular flexibility index (Phi) is 4.96. The van der Waals surface area contributed by atoms with Crippen LogP contribution in [0.4, 0.5) is 5.00 Å². The number of anilines is 1. The lowest BCUT2D eigenvalue weighted by Gasteiger charge is -2.27. The average molecular weight is 400 g/mol. The maximum absolute atomic E-state index is 12.5. The lowest BCUT2D eigenvalue weighted by atomic mass is 9.95. The third-order valence-corrected chi connectivity index (χ3v) is 6.87. The van der Waals surface area contributed by atoms with Crippen molar-refractivity contribution in [3.05, 3.63) is 42.0 Å². The zero-order valence-electron chi connectivity index (χ0n) is 15.7. The Morgan fingerprint density at radius 2 is 1.96 bits per heavy atom. The van der Waals surface area contributed by atoms with Gasteiger partial charge in [0, 0.05) is 36.8 Å². The molecular weight excluding hydrogens is 374 g/mol. The Morgan fingerprint density at radius 3 is 2.68 bits per heavy atom. The van der Waals surface area contributed by atoms with Crippen LogP contribution in [0.5, 0.6) is 10.8 Å². The summed E-state index contributed by atoms with van der Waals surface area (Å²) in [5.74, 6) is 0.741. The molecule has 0 spiro atoms. The number of thiophene rings is 1. The van der Waals surface area contributed by atoms with Gasteiger partial charge in [0.1, 0.15) is 5.75 Å². The van der Waals surface area contributed by atoms with Crippen molar-refractivity contribution in [2.45, 2.75) is 37.4 Å². The molecule has 3 unspecified atom stereocenters. The third-order valence-electron chi connectivity index (χ3n) is 5.84. The summed E-state index contributed by atoms with van der Waals surface area (Å²) >= 11 is 1.63. The normalized spacial score (nSPS) is 26.4. The molecule has 1 aromatic heterocycles. The average Bonchev–Trinajstić information content (AvgIpc) is 3.46. The molecule has 5 rings (SSSR count). The van der Waals surface area contributed by atoms with Crippen molar-refractivity contribution in [2.24, 2.45) is 0 Å². The van der Waals surface area contributed by atoms with E-state index < -0.39 is 0 Å². The van der Waals surface area contributed by atoms with E-state index in [1.807, 2.05) is 30.3 Å². The quantitative estimate of drug-likeness (QED) is 0.809. The lowest BCUT2D eigenvalue weighted by Crippen LogP contribution is -2.42. The van der Waals surface area contributed by atoms with E-state index >= 15 is 0 Å². The number of nitrogens with zero attached hydrogens (tertiary/aromatic N) is 1. The molecule has 2 aromatic rings. The number of morpholine rings is 1. The van der Waals surface area contributed by atoms with Gasteiger partial charge in [-0.25, -0.2) is 0 Å². The summed E-state index contributed by atoms with van der Waals surface area (Å²) in [6.45, 7) is 3.38. The van der Waals surface area contributed by atoms with Gasteiger partial charge in [0.15, 0.2) is 5.06 Å². The van der Waals surface area contributed by atoms with Crippen LogP contribution in [0.2, 0.25) is 0 Å². The summed E-state index contributed by atoms with van der Waals surface area (Å²) in [5.41, 5.74) is 0.676. The zero-order valence-corrected chi connectivity index (χ0v) is 16.5. The number of rotatable bonds is 5. The number of carbonyl (C=O) groups excluding carboxylic acids is 1. The van der Waals surface area contributed by atoms with Gasteiger partial charge in [0.05, 0.1) is 18.2 Å². The molecule has 2 N–H and O–H groups in total. The van der Waals surface area contributed by atoms with E-state index in [0.717, 1.165) is 50.0 Å². The van der Waals surface area contributed by atoms with E-state index in [1.54, 1.807) is 11.3 Å². The molecule has 0 aliphatic carbocycles. The second kappa shape index (κ2) is 7.73. The van der Waals surface area contributed by atoms with Gasteiger partial charge in [-0.05, 0) is 55.7 Å². The number of ether oxygens (including phenoxy) is 2. The molecule has 3 fully saturated rings. The van der Waals surface area contributed by atoms with Crippen LogP contribution in [-0.2, 0) is 4.74 Å². The number of fused-ring (bicyclic) bond motifs is 2. The Hall–Kier alpha value is -2.09. The summed E-state index contributed by atoms with van der Waals surface area (Å²) in [7, 11) is 0. The summed E-state index contributed by atoms with van der Waals surface area (Å²) in [5, 5.41) is 8.79. The molecule has 4 heterocycles. The minimum atomic E-state index is -0.00312. The fraction of sp³-hybridized carbons (Fsp3) is 0.476. The molecule has 1 amide bonds. The summed E-state index contributed by atoms with van der Waals surface area (Å²) in [6.07, 6.45) is 3.44. The van der Waals surface area contributed by atoms with Crippen LogP contribution >= 0.6 is 11.3 Å². The topological polar surface area (TPSA) is 62.8 Å². The second-order valence-corrected chi connectivity index (χ2v) is 8.71. The van der Waals surface area contributed by atoms with Gasteiger partial charge in [0.25, 0.3) is 5.91 Å². The molecule has 1 aromatic carbocycles. The van der Waals surface area contributed by atoms with Gasteiger partial charge in [0.2, 0.25) is 0 Å². The lowest BCUT2D eigenvalue weighted by molar-refractivity contribution is 0.0931. The minimum absolute atomic E-state index is 0.00312. The molecule has 7 heteroatoms. The number of hydrogen-bond acceptors (Lipinski definition) is 6. The smallest absolute Gasteiger partial charge is 0.251 e. The summed E-state index contributed by atoms with van der Waals surface area (Å²) in [6, 6.07) is 12.8. The summed E-state index contributed by atoms with van der Waals surface area (Å²) in [4.78, 5) is 14.9. The monoisotopic (exact) mass is 399 g/mol. The number of hydrogen-bond donors (Lipinski definition) is 2. The fourth-order valence-corrected chi connectivity index (χ4v) is 5.27. The Morgan fingerprint density at radius 1 is 1.14 bits per heavy atom. The number of nitrogens with one attached hydrogen (secondary N) is 2. The van der Waals surface area contributed by atoms with Crippen molar-refractivity contribution in [2.75, 3.05) is 31.2 Å². The first-order valence-electron chi connectivity index (χ1n) is 10.0. The van der Waals surface area contributed by atoms with Crippen molar-refractivity contribution in [1.29, 1.82) is 0 Å². The van der Waals surface area contributed by atoms with E-state index in [-0.39, 0.29) is 11.9 Å². The molecule has 0 radical (unpaired) electrons. The van der Waals surface area contributed by atoms with Gasteiger partial charge in [-0.3, -0.25) is 4.79 Å². The second-order valence-electron chi connectivity index (χ2n) is 7.68. The number of carbonyl (C=O) groups is 1. The number of benzene rings is 1. The molecule has 3 atom stereocenters. The maximum Gasteiger partial charge on any atom is 0.251 e. The molecule has 28 heavy (non-hydrogen) atoms. The van der Waals surface area contributed by atoms with Crippen molar-refractivity contribution < 1.29 is 14.3 Å². The van der Waals surface area contributed by atoms with Crippen LogP contribution in [0.25, 0.3) is 0 Å². The first-order chi connectivity index (χ1) is 13.7. The van der Waals surface area contributed by atoms with E-state index in [4.69, 9.17) is 9.47 Å². The largest absolute Gasteiger partial charge is 0.447 e. The maximum atomic E-state index is 12.5. The van der Waals surface area contributed by atoms with E-state index in [0.29, 0.717) is 17.6 Å². The van der Waals surface area contributed by atoms with Crippen LogP contribution in [0.3, 0.4) is 0 Å². The van der Waals surface area contributed by atoms with Gasteiger partial charge >= 0.3 is 0 Å². The molecule has 3 saturated heterocycles. The van der Waals surface area contributed by atoms with Crippen molar-refractivity contribution >= 4 is 22.2 Å². The molecule has 3 aliphatic rings. The standard InChI is InChI=1S/C21H25N3O3S/c25-21(23-18-13-15-3-6-17(18)22-15)14-1-4-16(5-2-14)27-20-8-7-19(28-20)24-9-11-26-12-10-24/h1-2,4-5,7-8,15,17-18,22H,3,6,9-13H2,(H,23,25). The highest BCUT2D eigenvalue weighted by Crippen LogP contribution is 2.35. The van der Waals surface area contributed by atoms with Crippen LogP contribution in [0.15, 0.2) is 36.4 Å². The molecule has 2 bridgehead atoms. The number of amides is 1.